The van der Waals surface area contributed by atoms with Crippen molar-refractivity contribution >= 4 is 11.6 Å². The van der Waals surface area contributed by atoms with E-state index in [1.165, 1.54) is 30.0 Å². The van der Waals surface area contributed by atoms with Gasteiger partial charge in [0.15, 0.2) is 5.65 Å². The van der Waals surface area contributed by atoms with Gasteiger partial charge in [-0.05, 0) is 70.0 Å². The third-order valence-electron chi connectivity index (χ3n) is 7.89. The van der Waals surface area contributed by atoms with Gasteiger partial charge >= 0.3 is 6.18 Å². The van der Waals surface area contributed by atoms with Gasteiger partial charge in [-0.15, -0.1) is 0 Å². The first kappa shape index (κ1) is 26.6. The molecule has 2 aliphatic rings. The molecule has 11 heteroatoms. The summed E-state index contributed by atoms with van der Waals surface area (Å²) >= 11 is 0. The highest BCUT2D eigenvalue weighted by Crippen LogP contribution is 2.38. The van der Waals surface area contributed by atoms with Gasteiger partial charge < -0.3 is 10.4 Å². The number of aliphatic hydroxyl groups is 1. The highest BCUT2D eigenvalue weighted by atomic mass is 19.4. The van der Waals surface area contributed by atoms with E-state index in [2.05, 4.69) is 20.3 Å². The summed E-state index contributed by atoms with van der Waals surface area (Å²) in [5.74, 6) is -1.76. The molecule has 1 saturated heterocycles. The minimum atomic E-state index is -4.83. The van der Waals surface area contributed by atoms with Crippen LogP contribution >= 0.6 is 0 Å². The number of rotatable bonds is 5. The fourth-order valence-corrected chi connectivity index (χ4v) is 5.90. The number of piperidine rings is 1. The summed E-state index contributed by atoms with van der Waals surface area (Å²) in [5, 5.41) is 16.9. The molecule has 38 heavy (non-hydrogen) atoms. The van der Waals surface area contributed by atoms with Crippen molar-refractivity contribution in [3.63, 3.8) is 0 Å². The lowest BCUT2D eigenvalue weighted by atomic mass is 9.80. The summed E-state index contributed by atoms with van der Waals surface area (Å²) in [5.41, 5.74) is 0.229. The van der Waals surface area contributed by atoms with Crippen LogP contribution in [0.25, 0.3) is 5.65 Å². The van der Waals surface area contributed by atoms with Crippen molar-refractivity contribution in [2.75, 3.05) is 13.1 Å². The molecular formula is C27H31F4N5O2. The highest BCUT2D eigenvalue weighted by molar-refractivity contribution is 5.94. The lowest BCUT2D eigenvalue weighted by Gasteiger charge is -2.40. The van der Waals surface area contributed by atoms with E-state index in [1.54, 1.807) is 6.07 Å². The zero-order chi connectivity index (χ0) is 27.0. The van der Waals surface area contributed by atoms with Crippen molar-refractivity contribution in [1.82, 2.24) is 24.8 Å². The molecule has 0 bridgehead atoms. The summed E-state index contributed by atoms with van der Waals surface area (Å²) < 4.78 is 55.6. The first-order valence-electron chi connectivity index (χ1n) is 13.0. The number of amides is 1. The molecule has 5 rings (SSSR count). The number of hydrogen-bond donors (Lipinski definition) is 2. The molecule has 204 valence electrons. The summed E-state index contributed by atoms with van der Waals surface area (Å²) in [6.07, 6.45) is 3.45. The number of β-amino-alcohol motifs (C(OH)–C–C–N with tert-alkyl or cyclic N) is 1. The Hall–Kier alpha value is -3.05. The number of alkyl halides is 3. The molecule has 1 aromatic carbocycles. The van der Waals surface area contributed by atoms with Gasteiger partial charge in [0.05, 0.1) is 23.3 Å². The van der Waals surface area contributed by atoms with Gasteiger partial charge in [-0.1, -0.05) is 12.1 Å². The number of carbonyl (C=O) groups excluding carboxylic acids is 1. The number of halogens is 4. The molecule has 2 fully saturated rings. The highest BCUT2D eigenvalue weighted by Gasteiger charge is 2.36. The molecule has 1 aliphatic heterocycles. The van der Waals surface area contributed by atoms with Crippen molar-refractivity contribution in [2.45, 2.75) is 75.7 Å². The first-order valence-corrected chi connectivity index (χ1v) is 13.0. The molecule has 2 atom stereocenters. The maximum Gasteiger partial charge on any atom is 0.419 e. The van der Waals surface area contributed by atoms with Gasteiger partial charge in [0, 0.05) is 29.9 Å². The van der Waals surface area contributed by atoms with Gasteiger partial charge in [0.1, 0.15) is 12.1 Å². The Kier molecular flexibility index (Phi) is 7.41. The number of fused-ring (bicyclic) bond motifs is 1. The minimum Gasteiger partial charge on any atom is -0.392 e. The fraction of sp³-hybridized carbons (Fsp3) is 0.519. The number of aliphatic hydroxyl groups excluding tert-OH is 1. The largest absolute Gasteiger partial charge is 0.419 e. The minimum absolute atomic E-state index is 0.166. The average Bonchev–Trinajstić information content (AvgIpc) is 3.36. The van der Waals surface area contributed by atoms with Gasteiger partial charge in [-0.2, -0.15) is 18.3 Å². The van der Waals surface area contributed by atoms with E-state index in [0.717, 1.165) is 56.7 Å². The zero-order valence-corrected chi connectivity index (χ0v) is 21.1. The fourth-order valence-electron chi connectivity index (χ4n) is 5.90. The van der Waals surface area contributed by atoms with E-state index in [9.17, 15) is 27.5 Å². The first-order chi connectivity index (χ1) is 18.1. The number of benzene rings is 1. The molecule has 3 heterocycles. The van der Waals surface area contributed by atoms with Crippen LogP contribution in [0, 0.1) is 5.82 Å². The number of nitrogens with zero attached hydrogens (tertiary/aromatic N) is 4. The summed E-state index contributed by atoms with van der Waals surface area (Å²) in [6.45, 7) is 3.16. The number of likely N-dealkylation sites (tertiary alicyclic amines) is 1. The maximum atomic E-state index is 14.6. The lowest BCUT2D eigenvalue weighted by molar-refractivity contribution is -0.140. The molecule has 0 unspecified atom stereocenters. The van der Waals surface area contributed by atoms with E-state index in [0.29, 0.717) is 24.3 Å². The van der Waals surface area contributed by atoms with Crippen LogP contribution in [0.2, 0.25) is 0 Å². The van der Waals surface area contributed by atoms with Crippen molar-refractivity contribution in [1.29, 1.82) is 0 Å². The summed E-state index contributed by atoms with van der Waals surface area (Å²) in [6, 6.07) is 4.25. The molecule has 2 aromatic heterocycles. The van der Waals surface area contributed by atoms with Crippen molar-refractivity contribution in [3.8, 4) is 0 Å². The van der Waals surface area contributed by atoms with Crippen LogP contribution in [0.1, 0.15) is 84.5 Å². The molecule has 2 N–H and O–H groups in total. The van der Waals surface area contributed by atoms with E-state index < -0.39 is 29.5 Å². The van der Waals surface area contributed by atoms with Gasteiger partial charge in [0.2, 0.25) is 0 Å². The van der Waals surface area contributed by atoms with Crippen LogP contribution in [0.15, 0.2) is 36.8 Å². The van der Waals surface area contributed by atoms with E-state index in [-0.39, 0.29) is 23.1 Å². The quantitative estimate of drug-likeness (QED) is 0.458. The van der Waals surface area contributed by atoms with Crippen molar-refractivity contribution in [3.05, 3.63) is 64.9 Å². The predicted octanol–water partition coefficient (Wildman–Crippen LogP) is 4.86. The number of carbonyl (C=O) groups is 1. The van der Waals surface area contributed by atoms with Crippen LogP contribution in [0.5, 0.6) is 0 Å². The molecule has 0 spiro atoms. The van der Waals surface area contributed by atoms with Crippen LogP contribution < -0.4 is 5.32 Å². The molecule has 0 radical (unpaired) electrons. The van der Waals surface area contributed by atoms with E-state index >= 15 is 0 Å². The smallest absolute Gasteiger partial charge is 0.392 e. The number of hydrogen-bond acceptors (Lipinski definition) is 5. The Morgan fingerprint density at radius 3 is 2.66 bits per heavy atom. The Morgan fingerprint density at radius 2 is 1.95 bits per heavy atom. The van der Waals surface area contributed by atoms with Crippen molar-refractivity contribution < 1.29 is 27.5 Å². The Balaban J connectivity index is 1.33. The second kappa shape index (κ2) is 10.6. The number of pyridine rings is 1. The van der Waals surface area contributed by atoms with E-state index in [4.69, 9.17) is 0 Å². The SMILES string of the molecule is C[C@@H](NC(=O)c1cc(C2CCC(N3CCC[C@@H](O)C3)CC2)c2ncnn2c1)c1cccc(C(F)(F)F)c1F. The van der Waals surface area contributed by atoms with Crippen LogP contribution in [0.4, 0.5) is 17.6 Å². The molecule has 3 aromatic rings. The van der Waals surface area contributed by atoms with Crippen LogP contribution in [-0.2, 0) is 6.18 Å². The van der Waals surface area contributed by atoms with Gasteiger partial charge in [-0.25, -0.2) is 13.9 Å². The predicted molar refractivity (Wildman–Crippen MR) is 132 cm³/mol. The van der Waals surface area contributed by atoms with Crippen LogP contribution in [-0.4, -0.2) is 55.7 Å². The van der Waals surface area contributed by atoms with E-state index in [1.807, 2.05) is 0 Å². The number of nitrogens with one attached hydrogen (secondary N) is 1. The third kappa shape index (κ3) is 5.40. The summed E-state index contributed by atoms with van der Waals surface area (Å²) in [4.78, 5) is 19.9. The normalized spacial score (nSPS) is 23.9. The number of aromatic nitrogens is 3. The van der Waals surface area contributed by atoms with Gasteiger partial charge in [-0.3, -0.25) is 9.69 Å². The Morgan fingerprint density at radius 1 is 1.18 bits per heavy atom. The Bertz CT molecular complexity index is 1300. The molecular weight excluding hydrogens is 502 g/mol. The lowest BCUT2D eigenvalue weighted by Crippen LogP contribution is -2.45. The zero-order valence-electron chi connectivity index (χ0n) is 21.1. The Labute approximate surface area is 217 Å². The molecule has 1 amide bonds. The summed E-state index contributed by atoms with van der Waals surface area (Å²) in [7, 11) is 0. The molecule has 7 nitrogen and oxygen atoms in total. The second-order valence-electron chi connectivity index (χ2n) is 10.4. The maximum absolute atomic E-state index is 14.6. The van der Waals surface area contributed by atoms with Crippen LogP contribution in [0.3, 0.4) is 0 Å². The van der Waals surface area contributed by atoms with Gasteiger partial charge in [0.25, 0.3) is 5.91 Å². The molecule has 1 aliphatic carbocycles. The molecule has 1 saturated carbocycles. The standard InChI is InChI=1S/C27H31F4N5O2/c1-16(21-5-2-6-23(24(21)28)27(29,30)31)34-26(38)18-12-22(25-32-15-33-36(25)13-18)17-7-9-19(10-8-17)35-11-3-4-20(37)14-35/h2,5-6,12-13,15-17,19-20,37H,3-4,7-11,14H2,1H3,(H,34,38)/t16-,17?,19?,20-/m1/s1. The topological polar surface area (TPSA) is 82.8 Å². The second-order valence-corrected chi connectivity index (χ2v) is 10.4. The average molecular weight is 534 g/mol. The monoisotopic (exact) mass is 533 g/mol. The van der Waals surface area contributed by atoms with Crippen molar-refractivity contribution in [2.24, 2.45) is 0 Å². The third-order valence-corrected chi connectivity index (χ3v) is 7.89.